The van der Waals surface area contributed by atoms with E-state index in [1.54, 1.807) is 31.3 Å². The molecule has 0 aliphatic carbocycles. The van der Waals surface area contributed by atoms with Crippen LogP contribution in [0, 0.1) is 0 Å². The number of ether oxygens (including phenoxy) is 1. The van der Waals surface area contributed by atoms with Gasteiger partial charge in [-0.05, 0) is 18.6 Å². The number of likely N-dealkylation sites (N-methyl/N-ethyl adjacent to an activating group) is 1. The summed E-state index contributed by atoms with van der Waals surface area (Å²) in [5, 5.41) is 2.91. The Labute approximate surface area is 135 Å². The average Bonchev–Trinajstić information content (AvgIpc) is 2.91. The molecule has 8 heteroatoms. The van der Waals surface area contributed by atoms with Crippen LogP contribution in [-0.4, -0.2) is 63.4 Å². The molecule has 7 nitrogen and oxygen atoms in total. The van der Waals surface area contributed by atoms with Crippen molar-refractivity contribution in [2.45, 2.75) is 12.5 Å². The number of rotatable bonds is 5. The Balaban J connectivity index is 1.98. The van der Waals surface area contributed by atoms with Crippen LogP contribution in [0.25, 0.3) is 0 Å². The molecule has 1 heterocycles. The van der Waals surface area contributed by atoms with Crippen LogP contribution in [0.1, 0.15) is 16.8 Å². The highest BCUT2D eigenvalue weighted by Gasteiger charge is 2.32. The smallest absolute Gasteiger partial charge is 0.339 e. The van der Waals surface area contributed by atoms with Crippen LogP contribution >= 0.6 is 0 Å². The number of hydrogen-bond acceptors (Lipinski definition) is 6. The Morgan fingerprint density at radius 2 is 2.04 bits per heavy atom. The Morgan fingerprint density at radius 1 is 1.35 bits per heavy atom. The topological polar surface area (TPSA) is 92.8 Å². The van der Waals surface area contributed by atoms with E-state index in [1.807, 2.05) is 0 Å². The number of para-hydroxylation sites is 1. The number of carbonyl (C=O) groups excluding carboxylic acids is 2. The predicted molar refractivity (Wildman–Crippen MR) is 86.1 cm³/mol. The molecule has 1 atom stereocenters. The van der Waals surface area contributed by atoms with Crippen molar-refractivity contribution < 1.29 is 22.7 Å². The van der Waals surface area contributed by atoms with Crippen LogP contribution in [0.4, 0.5) is 5.69 Å². The van der Waals surface area contributed by atoms with Gasteiger partial charge in [0.1, 0.15) is 0 Å². The first-order valence-electron chi connectivity index (χ1n) is 7.21. The van der Waals surface area contributed by atoms with Gasteiger partial charge < -0.3 is 15.0 Å². The second-order valence-electron chi connectivity index (χ2n) is 5.45. The summed E-state index contributed by atoms with van der Waals surface area (Å²) in [5.41, 5.74) is 0.842. The highest BCUT2D eigenvalue weighted by molar-refractivity contribution is 7.91. The van der Waals surface area contributed by atoms with Gasteiger partial charge in [-0.15, -0.1) is 0 Å². The fourth-order valence-electron chi connectivity index (χ4n) is 2.51. The molecule has 0 aromatic heterocycles. The third-order valence-electron chi connectivity index (χ3n) is 3.91. The summed E-state index contributed by atoms with van der Waals surface area (Å²) in [6.07, 6.45) is 0.462. The maximum Gasteiger partial charge on any atom is 0.339 e. The lowest BCUT2D eigenvalue weighted by Crippen LogP contribution is -2.41. The molecule has 1 amide bonds. The lowest BCUT2D eigenvalue weighted by molar-refractivity contribution is -0.129. The van der Waals surface area contributed by atoms with Crippen molar-refractivity contribution in [3.05, 3.63) is 29.8 Å². The van der Waals surface area contributed by atoms with Gasteiger partial charge in [0.25, 0.3) is 0 Å². The van der Waals surface area contributed by atoms with Gasteiger partial charge in [0.15, 0.2) is 9.84 Å². The van der Waals surface area contributed by atoms with Gasteiger partial charge in [-0.2, -0.15) is 0 Å². The summed E-state index contributed by atoms with van der Waals surface area (Å²) in [6, 6.07) is 6.44. The molecule has 1 saturated heterocycles. The van der Waals surface area contributed by atoms with E-state index in [2.05, 4.69) is 5.32 Å². The number of nitrogens with one attached hydrogen (secondary N) is 1. The second-order valence-corrected chi connectivity index (χ2v) is 7.68. The third kappa shape index (κ3) is 4.22. The van der Waals surface area contributed by atoms with Crippen molar-refractivity contribution in [2.75, 3.05) is 37.5 Å². The largest absolute Gasteiger partial charge is 0.465 e. The molecular weight excluding hydrogens is 320 g/mol. The molecule has 1 aliphatic rings. The Hall–Kier alpha value is -2.09. The van der Waals surface area contributed by atoms with Gasteiger partial charge in [0.05, 0.1) is 30.7 Å². The molecule has 0 spiro atoms. The molecule has 0 radical (unpaired) electrons. The zero-order valence-electron chi connectivity index (χ0n) is 13.1. The zero-order chi connectivity index (χ0) is 17.0. The molecule has 2 rings (SSSR count). The number of methoxy groups -OCH3 is 1. The van der Waals surface area contributed by atoms with Crippen molar-refractivity contribution in [2.24, 2.45) is 0 Å². The van der Waals surface area contributed by atoms with Crippen LogP contribution in [0.5, 0.6) is 0 Å². The third-order valence-corrected chi connectivity index (χ3v) is 5.66. The van der Waals surface area contributed by atoms with Crippen LogP contribution in [0.2, 0.25) is 0 Å². The molecule has 0 bridgehead atoms. The van der Waals surface area contributed by atoms with Crippen molar-refractivity contribution in [1.82, 2.24) is 4.90 Å². The molecule has 0 saturated carbocycles. The maximum atomic E-state index is 12.2. The maximum absolute atomic E-state index is 12.2. The van der Waals surface area contributed by atoms with Crippen molar-refractivity contribution in [3.63, 3.8) is 0 Å². The average molecular weight is 340 g/mol. The molecule has 1 aromatic rings. The number of hydrogen-bond donors (Lipinski definition) is 1. The first-order valence-corrected chi connectivity index (χ1v) is 9.03. The van der Waals surface area contributed by atoms with Gasteiger partial charge >= 0.3 is 5.97 Å². The molecule has 1 N–H and O–H groups in total. The van der Waals surface area contributed by atoms with E-state index in [0.29, 0.717) is 17.7 Å². The fourth-order valence-corrected chi connectivity index (χ4v) is 4.28. The number of sulfone groups is 1. The molecule has 1 fully saturated rings. The van der Waals surface area contributed by atoms with Gasteiger partial charge in [-0.25, -0.2) is 13.2 Å². The number of nitrogens with zero attached hydrogens (tertiary/aromatic N) is 1. The highest BCUT2D eigenvalue weighted by Crippen LogP contribution is 2.18. The van der Waals surface area contributed by atoms with Crippen LogP contribution in [-0.2, 0) is 19.4 Å². The van der Waals surface area contributed by atoms with Crippen LogP contribution < -0.4 is 5.32 Å². The quantitative estimate of drug-likeness (QED) is 0.786. The van der Waals surface area contributed by atoms with Gasteiger partial charge in [0.2, 0.25) is 5.91 Å². The first-order chi connectivity index (χ1) is 10.8. The minimum atomic E-state index is -3.04. The van der Waals surface area contributed by atoms with Crippen LogP contribution in [0.15, 0.2) is 24.3 Å². The zero-order valence-corrected chi connectivity index (χ0v) is 13.9. The monoisotopic (exact) mass is 340 g/mol. The molecule has 1 aliphatic heterocycles. The van der Waals surface area contributed by atoms with E-state index < -0.39 is 15.8 Å². The number of amides is 1. The summed E-state index contributed by atoms with van der Waals surface area (Å²) in [7, 11) is -0.149. The Kier molecular flexibility index (Phi) is 5.25. The van der Waals surface area contributed by atoms with Crippen molar-refractivity contribution in [1.29, 1.82) is 0 Å². The summed E-state index contributed by atoms with van der Waals surface area (Å²) in [6.45, 7) is -0.0267. The standard InChI is InChI=1S/C15H20N2O5S/c1-17(11-7-8-23(20,21)10-11)14(18)9-16-13-6-4-3-5-12(13)15(19)22-2/h3-6,11,16H,7-10H2,1-2H3/t11-/m1/s1. The Morgan fingerprint density at radius 3 is 2.65 bits per heavy atom. The second kappa shape index (κ2) is 6.99. The van der Waals surface area contributed by atoms with E-state index in [1.165, 1.54) is 12.0 Å². The number of esters is 1. The van der Waals surface area contributed by atoms with Gasteiger partial charge in [-0.1, -0.05) is 12.1 Å². The van der Waals surface area contributed by atoms with E-state index in [4.69, 9.17) is 4.74 Å². The van der Waals surface area contributed by atoms with Crippen molar-refractivity contribution >= 4 is 27.4 Å². The van der Waals surface area contributed by atoms with E-state index >= 15 is 0 Å². The normalized spacial score (nSPS) is 19.1. The summed E-state index contributed by atoms with van der Waals surface area (Å²) in [4.78, 5) is 25.3. The molecule has 0 unspecified atom stereocenters. The van der Waals surface area contributed by atoms with Crippen molar-refractivity contribution in [3.8, 4) is 0 Å². The van der Waals surface area contributed by atoms with E-state index in [9.17, 15) is 18.0 Å². The first kappa shape index (κ1) is 17.3. The minimum Gasteiger partial charge on any atom is -0.465 e. The predicted octanol–water partition coefficient (Wildman–Crippen LogP) is 0.531. The number of carbonyl (C=O) groups is 2. The lowest BCUT2D eigenvalue weighted by Gasteiger charge is -2.24. The van der Waals surface area contributed by atoms with Gasteiger partial charge in [-0.3, -0.25) is 4.79 Å². The molecule has 1 aromatic carbocycles. The SMILES string of the molecule is COC(=O)c1ccccc1NCC(=O)N(C)[C@@H]1CCS(=O)(=O)C1. The van der Waals surface area contributed by atoms with Gasteiger partial charge in [0, 0.05) is 18.8 Å². The number of anilines is 1. The summed E-state index contributed by atoms with van der Waals surface area (Å²) >= 11 is 0. The molecular formula is C15H20N2O5S. The summed E-state index contributed by atoms with van der Waals surface area (Å²) < 4.78 is 27.7. The minimum absolute atomic E-state index is 0.00792. The lowest BCUT2D eigenvalue weighted by atomic mass is 10.1. The summed E-state index contributed by atoms with van der Waals surface area (Å²) in [5.74, 6) is -0.593. The highest BCUT2D eigenvalue weighted by atomic mass is 32.2. The van der Waals surface area contributed by atoms with E-state index in [-0.39, 0.29) is 30.0 Å². The molecule has 23 heavy (non-hydrogen) atoms. The van der Waals surface area contributed by atoms with Crippen LogP contribution in [0.3, 0.4) is 0 Å². The Bertz CT molecular complexity index is 702. The fraction of sp³-hybridized carbons (Fsp3) is 0.467. The molecule has 126 valence electrons. The van der Waals surface area contributed by atoms with E-state index in [0.717, 1.165) is 0 Å². The number of benzene rings is 1.